The number of fused-ring (bicyclic) bond motifs is 3. The highest BCUT2D eigenvalue weighted by molar-refractivity contribution is 7.91. The second kappa shape index (κ2) is 9.21. The van der Waals surface area contributed by atoms with E-state index in [0.29, 0.717) is 28.1 Å². The summed E-state index contributed by atoms with van der Waals surface area (Å²) in [6.45, 7) is 4.50. The number of aromatic amines is 1. The van der Waals surface area contributed by atoms with Gasteiger partial charge in [-0.15, -0.1) is 0 Å². The number of sulfone groups is 1. The molecule has 1 N–H and O–H groups in total. The first-order chi connectivity index (χ1) is 16.4. The van der Waals surface area contributed by atoms with Gasteiger partial charge in [0.25, 0.3) is 0 Å². The van der Waals surface area contributed by atoms with Crippen LogP contribution in [0.25, 0.3) is 33.1 Å². The van der Waals surface area contributed by atoms with Crippen LogP contribution < -0.4 is 4.74 Å². The number of nitrogens with zero attached hydrogens (tertiary/aromatic N) is 2. The van der Waals surface area contributed by atoms with Crippen molar-refractivity contribution in [2.45, 2.75) is 24.7 Å². The highest BCUT2D eigenvalue weighted by atomic mass is 35.5. The number of nitrogens with one attached hydrogen (secondary N) is 1. The minimum Gasteiger partial charge on any atom is -0.491 e. The number of aromatic nitrogens is 2. The Bertz CT molecular complexity index is 1460. The maximum Gasteiger partial charge on any atom is 0.178 e. The molecule has 4 aromatic rings. The smallest absolute Gasteiger partial charge is 0.178 e. The van der Waals surface area contributed by atoms with Crippen LogP contribution in [-0.4, -0.2) is 55.8 Å². The number of ether oxygens (including phenoxy) is 1. The first-order valence-electron chi connectivity index (χ1n) is 11.6. The standard InChI is InChI=1S/C26H28ClN3O3S/c1-3-34(31,32)20-6-4-5-18(13-20)21-7-8-23(33-16-17-9-11-30(2)12-10-17)25-24(21)22-14-19(27)15-28-26(22)29-25/h4-8,13-15,17H,3,9-12,16H2,1-2H3,(H,28,29). The van der Waals surface area contributed by atoms with E-state index in [1.807, 2.05) is 24.3 Å². The monoisotopic (exact) mass is 497 g/mol. The Morgan fingerprint density at radius 1 is 1.18 bits per heavy atom. The van der Waals surface area contributed by atoms with Gasteiger partial charge in [0.1, 0.15) is 11.4 Å². The summed E-state index contributed by atoms with van der Waals surface area (Å²) < 4.78 is 31.4. The first-order valence-corrected chi connectivity index (χ1v) is 13.6. The number of halogens is 1. The van der Waals surface area contributed by atoms with Gasteiger partial charge in [0.05, 0.1) is 27.8 Å². The predicted octanol–water partition coefficient (Wildman–Crippen LogP) is 5.55. The molecule has 1 aliphatic rings. The van der Waals surface area contributed by atoms with E-state index < -0.39 is 9.84 Å². The zero-order valence-corrected chi connectivity index (χ0v) is 20.9. The van der Waals surface area contributed by atoms with E-state index in [1.165, 1.54) is 0 Å². The molecule has 0 amide bonds. The molecule has 1 saturated heterocycles. The lowest BCUT2D eigenvalue weighted by Gasteiger charge is -2.28. The molecule has 0 bridgehead atoms. The van der Waals surface area contributed by atoms with Gasteiger partial charge in [-0.25, -0.2) is 13.4 Å². The first kappa shape index (κ1) is 23.1. The number of benzene rings is 2. The molecule has 2 aromatic carbocycles. The van der Waals surface area contributed by atoms with Crippen molar-refractivity contribution in [3.63, 3.8) is 0 Å². The van der Waals surface area contributed by atoms with Crippen LogP contribution in [0.15, 0.2) is 53.6 Å². The highest BCUT2D eigenvalue weighted by Crippen LogP contribution is 2.40. The van der Waals surface area contributed by atoms with Gasteiger partial charge in [0, 0.05) is 17.0 Å². The average molecular weight is 498 g/mol. The largest absolute Gasteiger partial charge is 0.491 e. The maximum absolute atomic E-state index is 12.5. The van der Waals surface area contributed by atoms with Crippen LogP contribution in [0, 0.1) is 5.92 Å². The molecule has 1 fully saturated rings. The van der Waals surface area contributed by atoms with Crippen molar-refractivity contribution in [2.75, 3.05) is 32.5 Å². The lowest BCUT2D eigenvalue weighted by atomic mass is 9.98. The van der Waals surface area contributed by atoms with Crippen molar-refractivity contribution in [3.05, 3.63) is 53.7 Å². The summed E-state index contributed by atoms with van der Waals surface area (Å²) in [5.41, 5.74) is 3.29. The van der Waals surface area contributed by atoms with Gasteiger partial charge in [-0.3, -0.25) is 0 Å². The maximum atomic E-state index is 12.5. The topological polar surface area (TPSA) is 75.3 Å². The summed E-state index contributed by atoms with van der Waals surface area (Å²) in [5.74, 6) is 1.35. The van der Waals surface area contributed by atoms with Crippen LogP contribution >= 0.6 is 11.6 Å². The van der Waals surface area contributed by atoms with E-state index in [4.69, 9.17) is 16.3 Å². The summed E-state index contributed by atoms with van der Waals surface area (Å²) in [4.78, 5) is 10.6. The molecular formula is C26H28ClN3O3S. The molecule has 178 valence electrons. The Labute approximate surface area is 204 Å². The second-order valence-electron chi connectivity index (χ2n) is 9.02. The van der Waals surface area contributed by atoms with Crippen molar-refractivity contribution < 1.29 is 13.2 Å². The van der Waals surface area contributed by atoms with Gasteiger partial charge in [-0.1, -0.05) is 30.7 Å². The molecule has 5 rings (SSSR count). The normalized spacial score (nSPS) is 15.9. The fraction of sp³-hybridized carbons (Fsp3) is 0.346. The Balaban J connectivity index is 1.61. The molecule has 0 atom stereocenters. The summed E-state index contributed by atoms with van der Waals surface area (Å²) in [7, 11) is -1.16. The number of rotatable bonds is 6. The SMILES string of the molecule is CCS(=O)(=O)c1cccc(-c2ccc(OCC3CCN(C)CC3)c3[nH]c4ncc(Cl)cc4c23)c1. The third kappa shape index (κ3) is 4.40. The summed E-state index contributed by atoms with van der Waals surface area (Å²) in [6.07, 6.45) is 3.87. The minimum atomic E-state index is -3.32. The number of H-pyrrole nitrogens is 1. The number of pyridine rings is 1. The molecule has 2 aromatic heterocycles. The van der Waals surface area contributed by atoms with Crippen molar-refractivity contribution in [1.29, 1.82) is 0 Å². The van der Waals surface area contributed by atoms with Gasteiger partial charge < -0.3 is 14.6 Å². The Kier molecular flexibility index (Phi) is 6.27. The molecule has 0 aliphatic carbocycles. The molecule has 1 aliphatic heterocycles. The fourth-order valence-corrected chi connectivity index (χ4v) is 5.74. The Morgan fingerprint density at radius 2 is 1.97 bits per heavy atom. The zero-order valence-electron chi connectivity index (χ0n) is 19.3. The van der Waals surface area contributed by atoms with Crippen molar-refractivity contribution in [1.82, 2.24) is 14.9 Å². The van der Waals surface area contributed by atoms with Crippen molar-refractivity contribution in [2.24, 2.45) is 5.92 Å². The molecule has 8 heteroatoms. The molecular weight excluding hydrogens is 470 g/mol. The second-order valence-corrected chi connectivity index (χ2v) is 11.7. The van der Waals surface area contributed by atoms with E-state index in [2.05, 4.69) is 21.9 Å². The Hall–Kier alpha value is -2.61. The van der Waals surface area contributed by atoms with Gasteiger partial charge >= 0.3 is 0 Å². The summed E-state index contributed by atoms with van der Waals surface area (Å²) >= 11 is 6.30. The lowest BCUT2D eigenvalue weighted by molar-refractivity contribution is 0.161. The minimum absolute atomic E-state index is 0.0578. The van der Waals surface area contributed by atoms with E-state index >= 15 is 0 Å². The number of piperidine rings is 1. The van der Waals surface area contributed by atoms with Crippen molar-refractivity contribution >= 4 is 43.4 Å². The molecule has 0 unspecified atom stereocenters. The van der Waals surface area contributed by atoms with Crippen molar-refractivity contribution in [3.8, 4) is 16.9 Å². The third-order valence-electron chi connectivity index (χ3n) is 6.73. The number of likely N-dealkylation sites (tertiary alicyclic amines) is 1. The highest BCUT2D eigenvalue weighted by Gasteiger charge is 2.21. The molecule has 34 heavy (non-hydrogen) atoms. The molecule has 3 heterocycles. The Morgan fingerprint density at radius 3 is 2.74 bits per heavy atom. The van der Waals surface area contributed by atoms with E-state index in [1.54, 1.807) is 31.3 Å². The van der Waals surface area contributed by atoms with E-state index in [0.717, 1.165) is 59.1 Å². The summed E-state index contributed by atoms with van der Waals surface area (Å²) in [5, 5.41) is 2.35. The van der Waals surface area contributed by atoms with E-state index in [9.17, 15) is 8.42 Å². The van der Waals surface area contributed by atoms with Crippen LogP contribution in [0.5, 0.6) is 5.75 Å². The van der Waals surface area contributed by atoms with Crippen LogP contribution in [-0.2, 0) is 9.84 Å². The lowest BCUT2D eigenvalue weighted by Crippen LogP contribution is -2.32. The van der Waals surface area contributed by atoms with Gasteiger partial charge in [0.15, 0.2) is 9.84 Å². The van der Waals surface area contributed by atoms with Crippen LogP contribution in [0.3, 0.4) is 0 Å². The third-order valence-corrected chi connectivity index (χ3v) is 8.67. The molecule has 0 spiro atoms. The average Bonchev–Trinajstić information content (AvgIpc) is 3.22. The van der Waals surface area contributed by atoms with E-state index in [-0.39, 0.29) is 5.75 Å². The molecule has 6 nitrogen and oxygen atoms in total. The molecule has 0 radical (unpaired) electrons. The fourth-order valence-electron chi connectivity index (χ4n) is 4.66. The quantitative estimate of drug-likeness (QED) is 0.378. The predicted molar refractivity (Wildman–Crippen MR) is 137 cm³/mol. The van der Waals surface area contributed by atoms with Gasteiger partial charge in [0.2, 0.25) is 0 Å². The van der Waals surface area contributed by atoms with Crippen LogP contribution in [0.4, 0.5) is 0 Å². The van der Waals surface area contributed by atoms with Gasteiger partial charge in [-0.05, 0) is 80.4 Å². The van der Waals surface area contributed by atoms with Crippen LogP contribution in [0.1, 0.15) is 19.8 Å². The molecule has 0 saturated carbocycles. The van der Waals surface area contributed by atoms with Crippen LogP contribution in [0.2, 0.25) is 5.02 Å². The van der Waals surface area contributed by atoms with Gasteiger partial charge in [-0.2, -0.15) is 0 Å². The number of hydrogen-bond donors (Lipinski definition) is 1. The summed E-state index contributed by atoms with van der Waals surface area (Å²) in [6, 6.07) is 13.0. The zero-order chi connectivity index (χ0) is 23.9. The number of hydrogen-bond acceptors (Lipinski definition) is 5.